The highest BCUT2D eigenvalue weighted by Crippen LogP contribution is 2.43. The van der Waals surface area contributed by atoms with Crippen molar-refractivity contribution in [2.24, 2.45) is 5.73 Å². The fourth-order valence-corrected chi connectivity index (χ4v) is 5.85. The molecule has 0 fully saturated rings. The molecule has 0 aliphatic carbocycles. The second kappa shape index (κ2) is 38.3. The Morgan fingerprint density at radius 3 is 1.70 bits per heavy atom. The van der Waals surface area contributed by atoms with Crippen LogP contribution in [0.15, 0.2) is 60.9 Å². The molecule has 0 spiro atoms. The summed E-state index contributed by atoms with van der Waals surface area (Å²) in [6, 6.07) is 0. The number of phosphoric ester groups is 1. The van der Waals surface area contributed by atoms with Crippen LogP contribution in [-0.4, -0.2) is 43.3 Å². The molecule has 50 heavy (non-hydrogen) atoms. The largest absolute Gasteiger partial charge is 0.492 e. The molecule has 0 rings (SSSR count). The van der Waals surface area contributed by atoms with E-state index in [4.69, 9.17) is 24.3 Å². The van der Waals surface area contributed by atoms with Gasteiger partial charge in [0.25, 0.3) is 0 Å². The Labute approximate surface area is 306 Å². The second-order valence-corrected chi connectivity index (χ2v) is 14.3. The predicted octanol–water partition coefficient (Wildman–Crippen LogP) is 11.8. The van der Waals surface area contributed by atoms with E-state index in [0.717, 1.165) is 70.6 Å². The lowest BCUT2D eigenvalue weighted by atomic mass is 10.0. The van der Waals surface area contributed by atoms with Crippen LogP contribution in [0.1, 0.15) is 162 Å². The average Bonchev–Trinajstić information content (AvgIpc) is 3.11. The summed E-state index contributed by atoms with van der Waals surface area (Å²) in [6.07, 6.45) is 46.2. The van der Waals surface area contributed by atoms with Crippen molar-refractivity contribution in [2.75, 3.05) is 26.4 Å². The Morgan fingerprint density at radius 2 is 1.14 bits per heavy atom. The third-order valence-corrected chi connectivity index (χ3v) is 9.02. The number of hydrogen-bond donors (Lipinski definition) is 2. The number of carbonyl (C=O) groups excluding carboxylic acids is 1. The Kier molecular flexibility index (Phi) is 36.8. The molecule has 0 saturated heterocycles. The van der Waals surface area contributed by atoms with E-state index >= 15 is 0 Å². The van der Waals surface area contributed by atoms with Crippen molar-refractivity contribution in [3.8, 4) is 0 Å². The first-order chi connectivity index (χ1) is 24.4. The molecule has 0 aliphatic rings. The molecule has 0 aromatic carbocycles. The molecule has 0 aliphatic heterocycles. The van der Waals surface area contributed by atoms with Crippen molar-refractivity contribution in [3.05, 3.63) is 60.9 Å². The topological polar surface area (TPSA) is 117 Å². The van der Waals surface area contributed by atoms with Gasteiger partial charge in [-0.3, -0.25) is 13.8 Å². The van der Waals surface area contributed by atoms with E-state index in [1.165, 1.54) is 70.6 Å². The molecule has 0 aromatic rings. The Morgan fingerprint density at radius 1 is 0.640 bits per heavy atom. The number of esters is 1. The van der Waals surface area contributed by atoms with E-state index in [-0.39, 0.29) is 32.3 Å². The van der Waals surface area contributed by atoms with Gasteiger partial charge in [0, 0.05) is 13.0 Å². The molecule has 0 bridgehead atoms. The summed E-state index contributed by atoms with van der Waals surface area (Å²) in [6.45, 7) is 4.06. The van der Waals surface area contributed by atoms with Gasteiger partial charge in [0.05, 0.1) is 19.5 Å². The normalized spacial score (nSPS) is 14.2. The molecule has 0 radical (unpaired) electrons. The van der Waals surface area contributed by atoms with Crippen molar-refractivity contribution in [3.63, 3.8) is 0 Å². The van der Waals surface area contributed by atoms with E-state index < -0.39 is 13.9 Å². The Bertz CT molecular complexity index is 947. The average molecular weight is 724 g/mol. The van der Waals surface area contributed by atoms with Crippen LogP contribution in [-0.2, 0) is 27.9 Å². The molecule has 0 heterocycles. The van der Waals surface area contributed by atoms with E-state index in [0.29, 0.717) is 6.42 Å². The minimum Gasteiger partial charge on any atom is -0.492 e. The third-order valence-electron chi connectivity index (χ3n) is 8.04. The molecule has 2 atom stereocenters. The number of nitrogens with two attached hydrogens (primary N) is 1. The van der Waals surface area contributed by atoms with Crippen LogP contribution in [0.3, 0.4) is 0 Å². The fraction of sp³-hybridized carbons (Fsp3) is 0.732. The van der Waals surface area contributed by atoms with Gasteiger partial charge in [-0.25, -0.2) is 4.57 Å². The SMILES string of the molecule is CCC=CCC=CCC=CCC=CCCCCCCC(=O)OC[C@H](COP(=O)(O)OCCN)OC=CCCCCCCCCCCCCCC. The summed E-state index contributed by atoms with van der Waals surface area (Å²) < 4.78 is 33.1. The Balaban J connectivity index is 4.17. The minimum absolute atomic E-state index is 0.0789. The molecular weight excluding hydrogens is 649 g/mol. The van der Waals surface area contributed by atoms with Gasteiger partial charge in [0.2, 0.25) is 0 Å². The van der Waals surface area contributed by atoms with Gasteiger partial charge in [-0.2, -0.15) is 0 Å². The first-order valence-corrected chi connectivity index (χ1v) is 21.3. The zero-order valence-corrected chi connectivity index (χ0v) is 32.8. The maximum atomic E-state index is 12.4. The minimum atomic E-state index is -4.27. The van der Waals surface area contributed by atoms with Gasteiger partial charge in [0.1, 0.15) is 6.61 Å². The summed E-state index contributed by atoms with van der Waals surface area (Å²) in [7, 11) is -4.27. The second-order valence-electron chi connectivity index (χ2n) is 12.8. The van der Waals surface area contributed by atoms with Gasteiger partial charge >= 0.3 is 13.8 Å². The Hall–Kier alpha value is -1.96. The van der Waals surface area contributed by atoms with Crippen molar-refractivity contribution < 1.29 is 32.8 Å². The van der Waals surface area contributed by atoms with Crippen molar-refractivity contribution >= 4 is 13.8 Å². The molecular formula is C41H74NO7P. The number of allylic oxidation sites excluding steroid dienone is 9. The number of rotatable bonds is 37. The highest BCUT2D eigenvalue weighted by molar-refractivity contribution is 7.47. The van der Waals surface area contributed by atoms with Crippen molar-refractivity contribution in [2.45, 2.75) is 168 Å². The quantitative estimate of drug-likeness (QED) is 0.0214. The van der Waals surface area contributed by atoms with Crippen LogP contribution < -0.4 is 5.73 Å². The summed E-state index contributed by atoms with van der Waals surface area (Å²) in [5, 5.41) is 0. The van der Waals surface area contributed by atoms with Crippen LogP contribution in [0.2, 0.25) is 0 Å². The first kappa shape index (κ1) is 48.0. The highest BCUT2D eigenvalue weighted by Gasteiger charge is 2.24. The molecule has 0 aromatic heterocycles. The zero-order chi connectivity index (χ0) is 36.6. The van der Waals surface area contributed by atoms with Crippen LogP contribution in [0.5, 0.6) is 0 Å². The monoisotopic (exact) mass is 724 g/mol. The van der Waals surface area contributed by atoms with Crippen LogP contribution in [0.25, 0.3) is 0 Å². The van der Waals surface area contributed by atoms with Crippen LogP contribution in [0.4, 0.5) is 0 Å². The maximum Gasteiger partial charge on any atom is 0.472 e. The van der Waals surface area contributed by atoms with Gasteiger partial charge in [-0.1, -0.05) is 146 Å². The zero-order valence-electron chi connectivity index (χ0n) is 31.9. The van der Waals surface area contributed by atoms with Crippen LogP contribution >= 0.6 is 7.82 Å². The van der Waals surface area contributed by atoms with Gasteiger partial charge in [-0.05, 0) is 63.9 Å². The van der Waals surface area contributed by atoms with Gasteiger partial charge in [-0.15, -0.1) is 0 Å². The lowest BCUT2D eigenvalue weighted by Gasteiger charge is -2.19. The summed E-state index contributed by atoms with van der Waals surface area (Å²) >= 11 is 0. The highest BCUT2D eigenvalue weighted by atomic mass is 31.2. The summed E-state index contributed by atoms with van der Waals surface area (Å²) in [4.78, 5) is 22.2. The summed E-state index contributed by atoms with van der Waals surface area (Å²) in [5.74, 6) is -0.315. The standard InChI is InChI=1S/C41H74NO7P/c1-3-5-7-9-11-13-15-17-19-20-21-22-24-26-28-30-32-34-41(43)47-38-40(39-49-50(44,45)48-37-35-42)46-36-33-31-29-27-25-23-18-16-14-12-10-8-6-4-2/h5,7,11,13,17,19,21-22,33,36,40H,3-4,6,8-10,12,14-16,18,20,23-32,34-35,37-39,42H2,1-2H3,(H,44,45)/t40-/m1/s1. The van der Waals surface area contributed by atoms with E-state index in [1.807, 2.05) is 6.08 Å². The molecule has 1 unspecified atom stereocenters. The van der Waals surface area contributed by atoms with Crippen molar-refractivity contribution in [1.82, 2.24) is 0 Å². The third kappa shape index (κ3) is 37.3. The molecule has 3 N–H and O–H groups in total. The fourth-order valence-electron chi connectivity index (χ4n) is 5.09. The number of hydrogen-bond acceptors (Lipinski definition) is 7. The number of phosphoric acid groups is 1. The lowest BCUT2D eigenvalue weighted by molar-refractivity contribution is -0.147. The molecule has 290 valence electrons. The van der Waals surface area contributed by atoms with Crippen LogP contribution in [0, 0.1) is 0 Å². The predicted molar refractivity (Wildman–Crippen MR) is 210 cm³/mol. The summed E-state index contributed by atoms with van der Waals surface area (Å²) in [5.41, 5.74) is 5.35. The number of ether oxygens (including phenoxy) is 2. The van der Waals surface area contributed by atoms with Gasteiger partial charge < -0.3 is 20.1 Å². The lowest BCUT2D eigenvalue weighted by Crippen LogP contribution is -2.25. The first-order valence-electron chi connectivity index (χ1n) is 19.8. The smallest absolute Gasteiger partial charge is 0.472 e. The maximum absolute atomic E-state index is 12.4. The molecule has 0 amide bonds. The number of unbranched alkanes of at least 4 members (excludes halogenated alkanes) is 16. The van der Waals surface area contributed by atoms with E-state index in [1.54, 1.807) is 6.26 Å². The van der Waals surface area contributed by atoms with Crippen molar-refractivity contribution in [1.29, 1.82) is 0 Å². The molecule has 0 saturated carbocycles. The van der Waals surface area contributed by atoms with E-state index in [9.17, 15) is 14.3 Å². The number of carbonyl (C=O) groups is 1. The molecule has 8 nitrogen and oxygen atoms in total. The van der Waals surface area contributed by atoms with Gasteiger partial charge in [0.15, 0.2) is 6.10 Å². The van der Waals surface area contributed by atoms with E-state index in [2.05, 4.69) is 62.5 Å². The molecule has 9 heteroatoms.